The molecule has 0 aliphatic carbocycles. The van der Waals surface area contributed by atoms with Crippen LogP contribution >= 0.6 is 12.2 Å². The van der Waals surface area contributed by atoms with E-state index < -0.39 is 0 Å². The lowest BCUT2D eigenvalue weighted by Gasteiger charge is -2.30. The van der Waals surface area contributed by atoms with E-state index in [9.17, 15) is 4.79 Å². The Morgan fingerprint density at radius 3 is 2.96 bits per heavy atom. The second kappa shape index (κ2) is 8.14. The molecule has 28 heavy (non-hydrogen) atoms. The summed E-state index contributed by atoms with van der Waals surface area (Å²) in [6.07, 6.45) is 3.77. The van der Waals surface area contributed by atoms with Gasteiger partial charge in [0.05, 0.1) is 12.2 Å². The molecule has 6 nitrogen and oxygen atoms in total. The fourth-order valence-electron chi connectivity index (χ4n) is 3.83. The number of carbonyl (C=O) groups excluding carboxylic acids is 1. The smallest absolute Gasteiger partial charge is 0.222 e. The molecule has 0 spiro atoms. The highest BCUT2D eigenvalue weighted by Crippen LogP contribution is 2.37. The summed E-state index contributed by atoms with van der Waals surface area (Å²) in [6, 6.07) is 12.3. The number of fused-ring (bicyclic) bond motifs is 1. The maximum absolute atomic E-state index is 12.4. The molecule has 1 aromatic heterocycles. The SMILES string of the molecule is C[C@@H]1C[C@@H](CC(=O)NCC2Cc3cccc(-c4ccccn4)c3O2)NC(=S)N1. The molecule has 0 bridgehead atoms. The summed E-state index contributed by atoms with van der Waals surface area (Å²) >= 11 is 5.18. The van der Waals surface area contributed by atoms with Gasteiger partial charge in [-0.05, 0) is 49.3 Å². The van der Waals surface area contributed by atoms with Gasteiger partial charge in [-0.15, -0.1) is 0 Å². The molecule has 146 valence electrons. The molecule has 1 amide bonds. The number of nitrogens with one attached hydrogen (secondary N) is 3. The zero-order valence-electron chi connectivity index (χ0n) is 15.8. The number of ether oxygens (including phenoxy) is 1. The molecule has 7 heteroatoms. The summed E-state index contributed by atoms with van der Waals surface area (Å²) in [6.45, 7) is 2.56. The van der Waals surface area contributed by atoms with Crippen molar-refractivity contribution in [3.05, 3.63) is 48.2 Å². The summed E-state index contributed by atoms with van der Waals surface area (Å²) in [5, 5.41) is 9.95. The van der Waals surface area contributed by atoms with Crippen LogP contribution in [0.1, 0.15) is 25.3 Å². The summed E-state index contributed by atoms with van der Waals surface area (Å²) < 4.78 is 6.17. The molecule has 2 aliphatic rings. The number of aromatic nitrogens is 1. The van der Waals surface area contributed by atoms with Gasteiger partial charge in [0.25, 0.3) is 0 Å². The van der Waals surface area contributed by atoms with Gasteiger partial charge in [-0.2, -0.15) is 0 Å². The number of nitrogens with zero attached hydrogens (tertiary/aromatic N) is 1. The predicted molar refractivity (Wildman–Crippen MR) is 112 cm³/mol. The van der Waals surface area contributed by atoms with Crippen LogP contribution in [0.2, 0.25) is 0 Å². The van der Waals surface area contributed by atoms with Crippen LogP contribution < -0.4 is 20.7 Å². The number of amides is 1. The van der Waals surface area contributed by atoms with E-state index in [1.165, 1.54) is 0 Å². The van der Waals surface area contributed by atoms with E-state index >= 15 is 0 Å². The summed E-state index contributed by atoms with van der Waals surface area (Å²) in [4.78, 5) is 16.8. The molecule has 2 aromatic rings. The fourth-order valence-corrected chi connectivity index (χ4v) is 4.20. The zero-order chi connectivity index (χ0) is 19.5. The van der Waals surface area contributed by atoms with Crippen molar-refractivity contribution in [3.8, 4) is 17.0 Å². The summed E-state index contributed by atoms with van der Waals surface area (Å²) in [5.74, 6) is 0.888. The van der Waals surface area contributed by atoms with Crippen LogP contribution in [0, 0.1) is 0 Å². The van der Waals surface area contributed by atoms with E-state index in [0.29, 0.717) is 18.1 Å². The van der Waals surface area contributed by atoms with Crippen molar-refractivity contribution in [2.45, 2.75) is 44.4 Å². The highest BCUT2D eigenvalue weighted by Gasteiger charge is 2.27. The van der Waals surface area contributed by atoms with Crippen LogP contribution in [0.25, 0.3) is 11.3 Å². The van der Waals surface area contributed by atoms with E-state index in [2.05, 4.69) is 33.9 Å². The first-order chi connectivity index (χ1) is 13.6. The Hall–Kier alpha value is -2.67. The first-order valence-corrected chi connectivity index (χ1v) is 10.0. The van der Waals surface area contributed by atoms with Crippen LogP contribution in [-0.2, 0) is 11.2 Å². The Kier molecular flexibility index (Phi) is 5.43. The minimum atomic E-state index is -0.0650. The Labute approximate surface area is 170 Å². The Balaban J connectivity index is 1.33. The second-order valence-corrected chi connectivity index (χ2v) is 7.82. The van der Waals surface area contributed by atoms with E-state index in [-0.39, 0.29) is 24.1 Å². The van der Waals surface area contributed by atoms with Gasteiger partial charge >= 0.3 is 0 Å². The third kappa shape index (κ3) is 4.25. The maximum atomic E-state index is 12.4. The number of pyridine rings is 1. The second-order valence-electron chi connectivity index (χ2n) is 7.41. The quantitative estimate of drug-likeness (QED) is 0.673. The fraction of sp³-hybridized carbons (Fsp3) is 0.381. The number of benzene rings is 1. The minimum Gasteiger partial charge on any atom is -0.487 e. The van der Waals surface area contributed by atoms with Crippen LogP contribution in [0.4, 0.5) is 0 Å². The standard InChI is InChI=1S/C21H24N4O2S/c1-13-9-15(25-21(28)24-13)11-19(26)23-12-16-10-14-5-4-6-17(20(14)27-16)18-7-2-3-8-22-18/h2-8,13,15-16H,9-12H2,1H3,(H,23,26)(H2,24,25,28)/t13-,15+,16?/m1/s1. The number of thiocarbonyl (C=S) groups is 1. The largest absolute Gasteiger partial charge is 0.487 e. The van der Waals surface area contributed by atoms with Gasteiger partial charge in [-0.25, -0.2) is 0 Å². The molecule has 3 atom stereocenters. The summed E-state index contributed by atoms with van der Waals surface area (Å²) in [7, 11) is 0. The molecule has 0 saturated carbocycles. The molecule has 2 aliphatic heterocycles. The van der Waals surface area contributed by atoms with Gasteiger partial charge in [0.2, 0.25) is 5.91 Å². The number of rotatable bonds is 5. The normalized spacial score (nSPS) is 23.2. The molecule has 1 aromatic carbocycles. The average molecular weight is 397 g/mol. The molecule has 4 rings (SSSR count). The third-order valence-electron chi connectivity index (χ3n) is 5.08. The first-order valence-electron chi connectivity index (χ1n) is 9.62. The maximum Gasteiger partial charge on any atom is 0.222 e. The van der Waals surface area contributed by atoms with Crippen molar-refractivity contribution >= 4 is 23.2 Å². The highest BCUT2D eigenvalue weighted by atomic mass is 32.1. The lowest BCUT2D eigenvalue weighted by atomic mass is 10.0. The third-order valence-corrected chi connectivity index (χ3v) is 5.31. The van der Waals surface area contributed by atoms with Gasteiger partial charge in [0.15, 0.2) is 5.11 Å². The Bertz CT molecular complexity index is 874. The molecule has 3 heterocycles. The first kappa shape index (κ1) is 18.7. The van der Waals surface area contributed by atoms with E-state index in [0.717, 1.165) is 35.4 Å². The predicted octanol–water partition coefficient (Wildman–Crippen LogP) is 2.18. The van der Waals surface area contributed by atoms with Gasteiger partial charge in [0.1, 0.15) is 11.9 Å². The number of hydrogen-bond acceptors (Lipinski definition) is 4. The lowest BCUT2D eigenvalue weighted by Crippen LogP contribution is -2.54. The number of para-hydroxylation sites is 1. The van der Waals surface area contributed by atoms with Crippen LogP contribution in [0.5, 0.6) is 5.75 Å². The number of hydrogen-bond donors (Lipinski definition) is 3. The van der Waals surface area contributed by atoms with Gasteiger partial charge < -0.3 is 20.7 Å². The van der Waals surface area contributed by atoms with Crippen LogP contribution in [0.15, 0.2) is 42.6 Å². The molecular formula is C21H24N4O2S. The van der Waals surface area contributed by atoms with Crippen molar-refractivity contribution in [1.82, 2.24) is 20.9 Å². The Morgan fingerprint density at radius 1 is 1.29 bits per heavy atom. The summed E-state index contributed by atoms with van der Waals surface area (Å²) in [5.41, 5.74) is 3.04. The van der Waals surface area contributed by atoms with E-state index in [4.69, 9.17) is 17.0 Å². The molecule has 1 unspecified atom stereocenters. The van der Waals surface area contributed by atoms with Crippen molar-refractivity contribution < 1.29 is 9.53 Å². The lowest BCUT2D eigenvalue weighted by molar-refractivity contribution is -0.121. The van der Waals surface area contributed by atoms with Gasteiger partial charge in [0, 0.05) is 36.7 Å². The monoisotopic (exact) mass is 396 g/mol. The van der Waals surface area contributed by atoms with Crippen molar-refractivity contribution in [2.75, 3.05) is 6.54 Å². The van der Waals surface area contributed by atoms with Crippen molar-refractivity contribution in [3.63, 3.8) is 0 Å². The minimum absolute atomic E-state index is 0.0129. The van der Waals surface area contributed by atoms with E-state index in [1.54, 1.807) is 6.20 Å². The molecule has 3 N–H and O–H groups in total. The van der Waals surface area contributed by atoms with Crippen molar-refractivity contribution in [1.29, 1.82) is 0 Å². The van der Waals surface area contributed by atoms with Gasteiger partial charge in [-0.1, -0.05) is 18.2 Å². The zero-order valence-corrected chi connectivity index (χ0v) is 16.6. The topological polar surface area (TPSA) is 75.3 Å². The van der Waals surface area contributed by atoms with Crippen LogP contribution in [0.3, 0.4) is 0 Å². The Morgan fingerprint density at radius 2 is 2.18 bits per heavy atom. The number of carbonyl (C=O) groups is 1. The molecule has 0 radical (unpaired) electrons. The molecule has 1 fully saturated rings. The molecule has 1 saturated heterocycles. The molecular weight excluding hydrogens is 372 g/mol. The average Bonchev–Trinajstić information content (AvgIpc) is 3.09. The van der Waals surface area contributed by atoms with Crippen LogP contribution in [-0.4, -0.2) is 40.7 Å². The highest BCUT2D eigenvalue weighted by molar-refractivity contribution is 7.80. The van der Waals surface area contributed by atoms with Gasteiger partial charge in [-0.3, -0.25) is 9.78 Å². The van der Waals surface area contributed by atoms with Crippen molar-refractivity contribution in [2.24, 2.45) is 0 Å². The van der Waals surface area contributed by atoms with E-state index in [1.807, 2.05) is 30.3 Å².